The fraction of sp³-hybridized carbons (Fsp3) is 0.375. The molecule has 4 aromatic rings. The molecule has 2 fully saturated rings. The van der Waals surface area contributed by atoms with Crippen LogP contribution in [0.2, 0.25) is 0 Å². The van der Waals surface area contributed by atoms with Crippen molar-refractivity contribution in [1.82, 2.24) is 19.3 Å². The first-order valence-corrected chi connectivity index (χ1v) is 11.0. The highest BCUT2D eigenvalue weighted by Crippen LogP contribution is 2.30. The molecule has 1 saturated carbocycles. The highest BCUT2D eigenvalue weighted by Gasteiger charge is 2.31. The quantitative estimate of drug-likeness (QED) is 0.511. The SMILES string of the molecule is Cc1cn2cc(-c3cc4ccc(N5CCN(C6CC6)CC5)cc4c(=O)o3)nc2c(C)n1. The van der Waals surface area contributed by atoms with Gasteiger partial charge in [-0.05, 0) is 50.3 Å². The summed E-state index contributed by atoms with van der Waals surface area (Å²) in [5, 5.41) is 1.48. The highest BCUT2D eigenvalue weighted by molar-refractivity contribution is 5.87. The second-order valence-electron chi connectivity index (χ2n) is 8.75. The number of nitrogens with zero attached hydrogens (tertiary/aromatic N) is 5. The number of hydrogen-bond donors (Lipinski definition) is 0. The molecule has 4 heterocycles. The van der Waals surface area contributed by atoms with Crippen LogP contribution < -0.4 is 10.5 Å². The molecule has 0 N–H and O–H groups in total. The number of aromatic nitrogens is 3. The van der Waals surface area contributed by atoms with Crippen LogP contribution in [0.3, 0.4) is 0 Å². The minimum atomic E-state index is -0.325. The van der Waals surface area contributed by atoms with Crippen LogP contribution in [0.1, 0.15) is 24.2 Å². The van der Waals surface area contributed by atoms with Crippen LogP contribution in [0.15, 0.2) is 45.9 Å². The molecule has 7 heteroatoms. The molecule has 1 aliphatic carbocycles. The highest BCUT2D eigenvalue weighted by atomic mass is 16.4. The van der Waals surface area contributed by atoms with Crippen molar-refractivity contribution in [2.45, 2.75) is 32.7 Å². The third-order valence-electron chi connectivity index (χ3n) is 6.47. The molecular formula is C24H25N5O2. The standard InChI is InChI=1S/C24H25N5O2/c1-15-13-29-14-21(26-23(29)16(2)25-15)22-11-17-3-4-19(12-20(17)24(30)31-22)28-9-7-27(8-10-28)18-5-6-18/h3-4,11-14,18H,5-10H2,1-2H3. The van der Waals surface area contributed by atoms with Crippen molar-refractivity contribution < 1.29 is 4.42 Å². The lowest BCUT2D eigenvalue weighted by Crippen LogP contribution is -2.47. The predicted molar refractivity (Wildman–Crippen MR) is 121 cm³/mol. The first kappa shape index (κ1) is 18.6. The van der Waals surface area contributed by atoms with Crippen LogP contribution in [0, 0.1) is 13.8 Å². The van der Waals surface area contributed by atoms with Gasteiger partial charge in [-0.2, -0.15) is 0 Å². The summed E-state index contributed by atoms with van der Waals surface area (Å²) >= 11 is 0. The van der Waals surface area contributed by atoms with Crippen LogP contribution in [-0.4, -0.2) is 51.5 Å². The average molecular weight is 415 g/mol. The van der Waals surface area contributed by atoms with Crippen LogP contribution >= 0.6 is 0 Å². The van der Waals surface area contributed by atoms with Gasteiger partial charge < -0.3 is 13.7 Å². The van der Waals surface area contributed by atoms with Crippen molar-refractivity contribution in [3.8, 4) is 11.5 Å². The number of rotatable bonds is 3. The van der Waals surface area contributed by atoms with Crippen LogP contribution in [0.25, 0.3) is 27.9 Å². The Balaban J connectivity index is 1.33. The van der Waals surface area contributed by atoms with E-state index in [-0.39, 0.29) is 5.63 Å². The zero-order chi connectivity index (χ0) is 21.1. The van der Waals surface area contributed by atoms with Gasteiger partial charge in [0, 0.05) is 50.3 Å². The van der Waals surface area contributed by atoms with E-state index < -0.39 is 0 Å². The lowest BCUT2D eigenvalue weighted by atomic mass is 10.1. The number of anilines is 1. The summed E-state index contributed by atoms with van der Waals surface area (Å²) in [4.78, 5) is 26.9. The smallest absolute Gasteiger partial charge is 0.344 e. The first-order chi connectivity index (χ1) is 15.0. The van der Waals surface area contributed by atoms with Crippen molar-refractivity contribution >= 4 is 22.1 Å². The molecule has 0 unspecified atom stereocenters. The maximum absolute atomic E-state index is 12.9. The molecule has 1 aromatic carbocycles. The van der Waals surface area contributed by atoms with Crippen molar-refractivity contribution in [2.75, 3.05) is 31.1 Å². The van der Waals surface area contributed by atoms with E-state index in [4.69, 9.17) is 4.42 Å². The molecule has 1 saturated heterocycles. The second-order valence-corrected chi connectivity index (χ2v) is 8.75. The Labute approximate surface area is 179 Å². The summed E-state index contributed by atoms with van der Waals surface area (Å²) in [5.41, 5.74) is 3.93. The van der Waals surface area contributed by atoms with Gasteiger partial charge in [-0.3, -0.25) is 9.88 Å². The molecule has 6 rings (SSSR count). The topological polar surface area (TPSA) is 66.9 Å². The van der Waals surface area contributed by atoms with E-state index in [0.29, 0.717) is 16.8 Å². The number of fused-ring (bicyclic) bond motifs is 2. The van der Waals surface area contributed by atoms with Crippen molar-refractivity contribution in [1.29, 1.82) is 0 Å². The Bertz CT molecular complexity index is 1360. The molecule has 0 bridgehead atoms. The first-order valence-electron chi connectivity index (χ1n) is 11.0. The molecule has 2 aliphatic rings. The molecule has 0 atom stereocenters. The summed E-state index contributed by atoms with van der Waals surface area (Å²) in [5.74, 6) is 0.476. The van der Waals surface area contributed by atoms with E-state index in [1.807, 2.05) is 48.8 Å². The molecule has 0 radical (unpaired) electrons. The predicted octanol–water partition coefficient (Wildman–Crippen LogP) is 3.40. The van der Waals surface area contributed by atoms with Gasteiger partial charge in [0.1, 0.15) is 5.69 Å². The van der Waals surface area contributed by atoms with Gasteiger partial charge in [0.15, 0.2) is 11.4 Å². The third-order valence-corrected chi connectivity index (χ3v) is 6.47. The van der Waals surface area contributed by atoms with Crippen molar-refractivity contribution in [3.05, 3.63) is 58.5 Å². The lowest BCUT2D eigenvalue weighted by molar-refractivity contribution is 0.248. The average Bonchev–Trinajstić information content (AvgIpc) is 3.52. The number of imidazole rings is 1. The Kier molecular flexibility index (Phi) is 4.14. The van der Waals surface area contributed by atoms with E-state index in [0.717, 1.165) is 60.3 Å². The van der Waals surface area contributed by atoms with E-state index in [1.165, 1.54) is 12.8 Å². The Morgan fingerprint density at radius 1 is 1.00 bits per heavy atom. The van der Waals surface area contributed by atoms with E-state index in [9.17, 15) is 4.79 Å². The monoisotopic (exact) mass is 415 g/mol. The van der Waals surface area contributed by atoms with Gasteiger partial charge >= 0.3 is 5.63 Å². The normalized spacial score (nSPS) is 17.7. The maximum atomic E-state index is 12.9. The Hall–Kier alpha value is -3.19. The number of hydrogen-bond acceptors (Lipinski definition) is 6. The maximum Gasteiger partial charge on any atom is 0.344 e. The van der Waals surface area contributed by atoms with Crippen molar-refractivity contribution in [3.63, 3.8) is 0 Å². The molecule has 7 nitrogen and oxygen atoms in total. The number of piperazine rings is 1. The van der Waals surface area contributed by atoms with Crippen LogP contribution in [0.4, 0.5) is 5.69 Å². The summed E-state index contributed by atoms with van der Waals surface area (Å²) in [7, 11) is 0. The molecule has 1 aliphatic heterocycles. The van der Waals surface area contributed by atoms with Gasteiger partial charge in [-0.25, -0.2) is 9.78 Å². The molecule has 0 spiro atoms. The van der Waals surface area contributed by atoms with Gasteiger partial charge in [-0.1, -0.05) is 6.07 Å². The fourth-order valence-electron chi connectivity index (χ4n) is 4.70. The van der Waals surface area contributed by atoms with Crippen LogP contribution in [-0.2, 0) is 0 Å². The third kappa shape index (κ3) is 3.29. The minimum absolute atomic E-state index is 0.325. The second kappa shape index (κ2) is 6.92. The summed E-state index contributed by atoms with van der Waals surface area (Å²) in [6.45, 7) is 8.07. The van der Waals surface area contributed by atoms with Gasteiger partial charge in [0.05, 0.1) is 16.8 Å². The molecule has 0 amide bonds. The van der Waals surface area contributed by atoms with E-state index in [1.54, 1.807) is 0 Å². The number of aryl methyl sites for hydroxylation is 2. The summed E-state index contributed by atoms with van der Waals surface area (Å²) < 4.78 is 7.63. The molecule has 31 heavy (non-hydrogen) atoms. The van der Waals surface area contributed by atoms with Crippen molar-refractivity contribution in [2.24, 2.45) is 0 Å². The zero-order valence-corrected chi connectivity index (χ0v) is 17.8. The number of benzene rings is 1. The molecular weight excluding hydrogens is 390 g/mol. The van der Waals surface area contributed by atoms with E-state index in [2.05, 4.69) is 25.8 Å². The zero-order valence-electron chi connectivity index (χ0n) is 17.8. The lowest BCUT2D eigenvalue weighted by Gasteiger charge is -2.36. The van der Waals surface area contributed by atoms with E-state index >= 15 is 0 Å². The minimum Gasteiger partial charge on any atom is -0.421 e. The molecule has 158 valence electrons. The van der Waals surface area contributed by atoms with Crippen LogP contribution in [0.5, 0.6) is 0 Å². The summed E-state index contributed by atoms with van der Waals surface area (Å²) in [6, 6.07) is 8.82. The Morgan fingerprint density at radius 2 is 1.81 bits per heavy atom. The summed E-state index contributed by atoms with van der Waals surface area (Å²) in [6.07, 6.45) is 6.50. The largest absolute Gasteiger partial charge is 0.421 e. The fourth-order valence-corrected chi connectivity index (χ4v) is 4.70. The molecule has 3 aromatic heterocycles. The van der Waals surface area contributed by atoms with Gasteiger partial charge in [0.2, 0.25) is 0 Å². The van der Waals surface area contributed by atoms with Gasteiger partial charge in [0.25, 0.3) is 0 Å². The van der Waals surface area contributed by atoms with Gasteiger partial charge in [-0.15, -0.1) is 0 Å². The Morgan fingerprint density at radius 3 is 2.58 bits per heavy atom.